The lowest BCUT2D eigenvalue weighted by atomic mass is 10.1. The summed E-state index contributed by atoms with van der Waals surface area (Å²) in [6.07, 6.45) is 0.155. The fourth-order valence-electron chi connectivity index (χ4n) is 1.24. The summed E-state index contributed by atoms with van der Waals surface area (Å²) in [5, 5.41) is 0. The Morgan fingerprint density at radius 3 is 2.36 bits per heavy atom. The minimum Gasteiger partial charge on any atom is -0.331 e. The van der Waals surface area contributed by atoms with Crippen molar-refractivity contribution in [2.24, 2.45) is 0 Å². The highest BCUT2D eigenvalue weighted by Gasteiger charge is 2.24. The Labute approximate surface area is 87.2 Å². The molecule has 2 nitrogen and oxygen atoms in total. The van der Waals surface area contributed by atoms with Crippen LogP contribution in [0.1, 0.15) is 25.5 Å². The van der Waals surface area contributed by atoms with Crippen LogP contribution in [-0.2, 0) is 9.05 Å². The van der Waals surface area contributed by atoms with Crippen molar-refractivity contribution in [1.29, 1.82) is 0 Å². The van der Waals surface area contributed by atoms with Crippen LogP contribution in [0.2, 0.25) is 0 Å². The number of benzene rings is 1. The second-order valence-corrected chi connectivity index (χ2v) is 4.09. The van der Waals surface area contributed by atoms with E-state index in [0.29, 0.717) is 6.61 Å². The van der Waals surface area contributed by atoms with E-state index in [-0.39, 0.29) is 6.10 Å². The summed E-state index contributed by atoms with van der Waals surface area (Å²) in [5.74, 6) is 0. The van der Waals surface area contributed by atoms with Crippen molar-refractivity contribution in [3.63, 3.8) is 0 Å². The molecule has 0 spiro atoms. The molecule has 0 bridgehead atoms. The summed E-state index contributed by atoms with van der Waals surface area (Å²) < 4.78 is 11.0. The molecule has 0 amide bonds. The molecule has 1 aromatic carbocycles. The minimum atomic E-state index is -0.628. The fourth-order valence-corrected chi connectivity index (χ4v) is 2.18. The number of rotatable bonds is 1. The van der Waals surface area contributed by atoms with Gasteiger partial charge in [0.25, 0.3) is 0 Å². The van der Waals surface area contributed by atoms with Gasteiger partial charge in [-0.25, -0.2) is 0 Å². The van der Waals surface area contributed by atoms with Crippen LogP contribution in [-0.4, -0.2) is 13.3 Å². The highest BCUT2D eigenvalue weighted by atomic mass is 31.2. The zero-order valence-electron chi connectivity index (χ0n) is 8.93. The fraction of sp³-hybridized carbons (Fsp3) is 0.455. The maximum Gasteiger partial charge on any atom is 0.167 e. The maximum absolute atomic E-state index is 5.59. The molecule has 1 aromatic rings. The molecule has 0 aromatic heterocycles. The van der Waals surface area contributed by atoms with Crippen molar-refractivity contribution < 1.29 is 9.05 Å². The van der Waals surface area contributed by atoms with Crippen molar-refractivity contribution >= 4 is 8.38 Å². The molecule has 14 heavy (non-hydrogen) atoms. The molecule has 2 rings (SSSR count). The lowest BCUT2D eigenvalue weighted by Gasteiger charge is -2.06. The normalized spacial score (nSPS) is 25.4. The molecule has 1 aliphatic heterocycles. The minimum absolute atomic E-state index is 0.155. The molecule has 3 heteroatoms. The molecule has 0 aliphatic carbocycles. The summed E-state index contributed by atoms with van der Waals surface area (Å²) in [4.78, 5) is 0. The topological polar surface area (TPSA) is 18.5 Å². The smallest absolute Gasteiger partial charge is 0.167 e. The molecule has 1 aliphatic rings. The van der Waals surface area contributed by atoms with Gasteiger partial charge in [0.15, 0.2) is 8.38 Å². The second kappa shape index (κ2) is 6.13. The number of hydrogen-bond donors (Lipinski definition) is 0. The van der Waals surface area contributed by atoms with E-state index in [1.807, 2.05) is 38.7 Å². The van der Waals surface area contributed by atoms with Gasteiger partial charge in [0.05, 0.1) is 6.61 Å². The van der Waals surface area contributed by atoms with Crippen LogP contribution >= 0.6 is 8.38 Å². The van der Waals surface area contributed by atoms with Crippen LogP contribution in [0.3, 0.4) is 0 Å². The van der Waals surface area contributed by atoms with Gasteiger partial charge >= 0.3 is 0 Å². The zero-order valence-corrected chi connectivity index (χ0v) is 9.83. The maximum atomic E-state index is 5.59. The van der Waals surface area contributed by atoms with Crippen molar-refractivity contribution in [3.8, 4) is 0 Å². The van der Waals surface area contributed by atoms with Crippen molar-refractivity contribution in [1.82, 2.24) is 0 Å². The largest absolute Gasteiger partial charge is 0.331 e. The van der Waals surface area contributed by atoms with Crippen LogP contribution in [0.15, 0.2) is 30.3 Å². The van der Waals surface area contributed by atoms with Gasteiger partial charge in [0.2, 0.25) is 0 Å². The average molecular weight is 212 g/mol. The van der Waals surface area contributed by atoms with Crippen LogP contribution in [0, 0.1) is 0 Å². The summed E-state index contributed by atoms with van der Waals surface area (Å²) in [6.45, 7) is 6.69. The van der Waals surface area contributed by atoms with Crippen molar-refractivity contribution in [3.05, 3.63) is 35.9 Å². The van der Waals surface area contributed by atoms with Gasteiger partial charge in [-0.3, -0.25) is 0 Å². The summed E-state index contributed by atoms with van der Waals surface area (Å²) >= 11 is 0. The SMILES string of the molecule is CC.CP1OCC(c2ccccc2)O1. The van der Waals surface area contributed by atoms with Gasteiger partial charge in [-0.15, -0.1) is 0 Å². The van der Waals surface area contributed by atoms with Crippen LogP contribution in [0.25, 0.3) is 0 Å². The molecule has 0 radical (unpaired) electrons. The molecule has 1 fully saturated rings. The first kappa shape index (κ1) is 11.6. The monoisotopic (exact) mass is 212 g/mol. The Hall–Kier alpha value is -0.430. The van der Waals surface area contributed by atoms with E-state index >= 15 is 0 Å². The summed E-state index contributed by atoms with van der Waals surface area (Å²) in [6, 6.07) is 10.2. The molecule has 1 saturated heterocycles. The first-order chi connectivity index (χ1) is 6.86. The van der Waals surface area contributed by atoms with E-state index < -0.39 is 8.38 Å². The van der Waals surface area contributed by atoms with Crippen LogP contribution in [0.5, 0.6) is 0 Å². The van der Waals surface area contributed by atoms with Gasteiger partial charge in [-0.05, 0) is 5.56 Å². The standard InChI is InChI=1S/C9H11O2P.C2H6/c1-12-10-7-9(11-12)8-5-3-2-4-6-8;1-2/h2-6,9H,7H2,1H3;1-2H3. The molecule has 78 valence electrons. The summed E-state index contributed by atoms with van der Waals surface area (Å²) in [5.41, 5.74) is 1.21. The third-order valence-electron chi connectivity index (χ3n) is 1.85. The van der Waals surface area contributed by atoms with Gasteiger partial charge < -0.3 is 9.05 Å². The van der Waals surface area contributed by atoms with Crippen molar-refractivity contribution in [2.75, 3.05) is 13.3 Å². The van der Waals surface area contributed by atoms with Crippen molar-refractivity contribution in [2.45, 2.75) is 20.0 Å². The van der Waals surface area contributed by atoms with Gasteiger partial charge in [-0.2, -0.15) is 0 Å². The van der Waals surface area contributed by atoms with E-state index in [4.69, 9.17) is 9.05 Å². The predicted octanol–water partition coefficient (Wildman–Crippen LogP) is 3.74. The Morgan fingerprint density at radius 2 is 1.86 bits per heavy atom. The second-order valence-electron chi connectivity index (χ2n) is 2.74. The first-order valence-corrected chi connectivity index (χ1v) is 6.57. The van der Waals surface area contributed by atoms with E-state index in [2.05, 4.69) is 12.1 Å². The van der Waals surface area contributed by atoms with E-state index in [9.17, 15) is 0 Å². The average Bonchev–Trinajstić information content (AvgIpc) is 2.69. The first-order valence-electron chi connectivity index (χ1n) is 4.94. The Morgan fingerprint density at radius 1 is 1.21 bits per heavy atom. The van der Waals surface area contributed by atoms with Gasteiger partial charge in [-0.1, -0.05) is 44.2 Å². The van der Waals surface area contributed by atoms with Crippen LogP contribution in [0.4, 0.5) is 0 Å². The highest BCUT2D eigenvalue weighted by molar-refractivity contribution is 7.46. The lowest BCUT2D eigenvalue weighted by molar-refractivity contribution is 0.246. The third-order valence-corrected chi connectivity index (χ3v) is 2.92. The molecule has 1 heterocycles. The van der Waals surface area contributed by atoms with E-state index in [0.717, 1.165) is 0 Å². The number of hydrogen-bond acceptors (Lipinski definition) is 2. The Balaban J connectivity index is 0.000000461. The Kier molecular flexibility index (Phi) is 5.10. The van der Waals surface area contributed by atoms with Crippen LogP contribution < -0.4 is 0 Å². The zero-order chi connectivity index (χ0) is 10.4. The molecular weight excluding hydrogens is 195 g/mol. The van der Waals surface area contributed by atoms with Gasteiger partial charge in [0.1, 0.15) is 6.10 Å². The third kappa shape index (κ3) is 3.06. The lowest BCUT2D eigenvalue weighted by Crippen LogP contribution is -1.97. The quantitative estimate of drug-likeness (QED) is 0.660. The molecule has 0 saturated carbocycles. The predicted molar refractivity (Wildman–Crippen MR) is 60.4 cm³/mol. The molecule has 2 atom stereocenters. The highest BCUT2D eigenvalue weighted by Crippen LogP contribution is 2.47. The molecular formula is C11H17O2P. The summed E-state index contributed by atoms with van der Waals surface area (Å²) in [7, 11) is -0.628. The van der Waals surface area contributed by atoms with E-state index in [1.54, 1.807) is 0 Å². The molecule has 0 N–H and O–H groups in total. The molecule has 2 unspecified atom stereocenters. The van der Waals surface area contributed by atoms with Gasteiger partial charge in [0, 0.05) is 6.66 Å². The van der Waals surface area contributed by atoms with E-state index in [1.165, 1.54) is 5.56 Å². The Bertz CT molecular complexity index is 251.